The highest BCUT2D eigenvalue weighted by molar-refractivity contribution is 6.07. The summed E-state index contributed by atoms with van der Waals surface area (Å²) in [4.78, 5) is 20.5. The topological polar surface area (TPSA) is 96.5 Å². The second-order valence-electron chi connectivity index (χ2n) is 7.46. The third-order valence-electron chi connectivity index (χ3n) is 5.27. The van der Waals surface area contributed by atoms with Gasteiger partial charge in [0.1, 0.15) is 18.2 Å². The van der Waals surface area contributed by atoms with Crippen LogP contribution in [0.2, 0.25) is 0 Å². The fourth-order valence-corrected chi connectivity index (χ4v) is 3.84. The molecule has 0 spiro atoms. The molecule has 2 aromatic heterocycles. The number of halogens is 1. The van der Waals surface area contributed by atoms with Crippen molar-refractivity contribution in [1.82, 2.24) is 9.97 Å². The predicted octanol–water partition coefficient (Wildman–Crippen LogP) is 3.72. The van der Waals surface area contributed by atoms with Gasteiger partial charge in [0.05, 0.1) is 29.7 Å². The number of Topliss-reactive ketones (excluding diaryl/α,β-unsaturated/α-hetero) is 1. The van der Waals surface area contributed by atoms with E-state index in [9.17, 15) is 14.3 Å². The molecule has 31 heavy (non-hydrogen) atoms. The molecule has 4 rings (SSSR count). The quantitative estimate of drug-likeness (QED) is 0.476. The second kappa shape index (κ2) is 9.28. The van der Waals surface area contributed by atoms with Gasteiger partial charge in [-0.15, -0.1) is 0 Å². The van der Waals surface area contributed by atoms with Gasteiger partial charge in [-0.1, -0.05) is 6.07 Å². The summed E-state index contributed by atoms with van der Waals surface area (Å²) in [6, 6.07) is 7.87. The normalized spacial score (nSPS) is 15.6. The first-order chi connectivity index (χ1) is 15.1. The zero-order chi connectivity index (χ0) is 21.8. The van der Waals surface area contributed by atoms with E-state index in [-0.39, 0.29) is 30.5 Å². The molecule has 1 atom stereocenters. The first-order valence-corrected chi connectivity index (χ1v) is 10.1. The highest BCUT2D eigenvalue weighted by atomic mass is 19.1. The van der Waals surface area contributed by atoms with E-state index in [4.69, 9.17) is 9.47 Å². The van der Waals surface area contributed by atoms with Crippen LogP contribution >= 0.6 is 0 Å². The Kier molecular flexibility index (Phi) is 6.29. The summed E-state index contributed by atoms with van der Waals surface area (Å²) < 4.78 is 24.7. The van der Waals surface area contributed by atoms with Crippen molar-refractivity contribution in [2.45, 2.75) is 12.8 Å². The molecule has 2 heterocycles. The number of pyridine rings is 1. The average Bonchev–Trinajstić information content (AvgIpc) is 3.12. The molecule has 0 radical (unpaired) electrons. The highest BCUT2D eigenvalue weighted by Gasteiger charge is 2.32. The number of nitrogens with zero attached hydrogens (tertiary/aromatic N) is 1. The summed E-state index contributed by atoms with van der Waals surface area (Å²) >= 11 is 0. The van der Waals surface area contributed by atoms with Crippen LogP contribution in [0.25, 0.3) is 11.3 Å². The minimum atomic E-state index is -0.380. The molecule has 3 aromatic rings. The number of hydrogen-bond acceptors (Lipinski definition) is 6. The van der Waals surface area contributed by atoms with Crippen LogP contribution < -0.4 is 10.1 Å². The number of benzene rings is 1. The molecule has 3 N–H and O–H groups in total. The van der Waals surface area contributed by atoms with Gasteiger partial charge in [0.25, 0.3) is 0 Å². The van der Waals surface area contributed by atoms with Gasteiger partial charge in [0, 0.05) is 43.3 Å². The first-order valence-electron chi connectivity index (χ1n) is 10.1. The smallest absolute Gasteiger partial charge is 0.167 e. The van der Waals surface area contributed by atoms with E-state index in [0.29, 0.717) is 53.6 Å². The van der Waals surface area contributed by atoms with E-state index >= 15 is 0 Å². The van der Waals surface area contributed by atoms with Gasteiger partial charge in [0.15, 0.2) is 5.78 Å². The monoisotopic (exact) mass is 425 g/mol. The minimum absolute atomic E-state index is 0.0627. The maximum atomic E-state index is 13.8. The van der Waals surface area contributed by atoms with Crippen molar-refractivity contribution in [2.75, 3.05) is 32.2 Å². The molecule has 1 unspecified atom stereocenters. The molecule has 0 aliphatic heterocycles. The molecule has 0 saturated carbocycles. The van der Waals surface area contributed by atoms with Gasteiger partial charge in [0.2, 0.25) is 0 Å². The third-order valence-corrected chi connectivity index (χ3v) is 5.27. The standard InChI is InChI=1S/C23H24FN3O4/c1-30-7-8-31-20-12-25-6-5-17(20)22-23(26-16-4-2-3-15(24)11-16)21-18(27-22)9-14(13-28)10-19(21)29/h2-6,11-12,14,26-28H,7-10,13H2,1H3. The second-order valence-corrected chi connectivity index (χ2v) is 7.46. The SMILES string of the molecule is COCCOc1cnccc1-c1[nH]c2c(c1Nc1cccc(F)c1)C(=O)CC(CO)C2. The number of aromatic amines is 1. The van der Waals surface area contributed by atoms with Crippen molar-refractivity contribution in [3.63, 3.8) is 0 Å². The molecule has 0 bridgehead atoms. The van der Waals surface area contributed by atoms with Crippen LogP contribution in [0.1, 0.15) is 22.5 Å². The summed E-state index contributed by atoms with van der Waals surface area (Å²) in [5.74, 6) is -0.0530. The molecule has 0 amide bonds. The van der Waals surface area contributed by atoms with Crippen LogP contribution in [0.5, 0.6) is 5.75 Å². The highest BCUT2D eigenvalue weighted by Crippen LogP contribution is 2.42. The number of carbonyl (C=O) groups excluding carboxylic acids is 1. The van der Waals surface area contributed by atoms with Crippen LogP contribution in [0.3, 0.4) is 0 Å². The van der Waals surface area contributed by atoms with E-state index < -0.39 is 0 Å². The lowest BCUT2D eigenvalue weighted by atomic mass is 9.86. The maximum Gasteiger partial charge on any atom is 0.167 e. The fraction of sp³-hybridized carbons (Fsp3) is 0.304. The summed E-state index contributed by atoms with van der Waals surface area (Å²) in [5, 5.41) is 12.8. The van der Waals surface area contributed by atoms with Gasteiger partial charge in [-0.25, -0.2) is 4.39 Å². The number of nitrogens with one attached hydrogen (secondary N) is 2. The van der Waals surface area contributed by atoms with Crippen molar-refractivity contribution < 1.29 is 23.8 Å². The Bertz CT molecular complexity index is 1080. The number of ether oxygens (including phenoxy) is 2. The van der Waals surface area contributed by atoms with Crippen molar-refractivity contribution >= 4 is 17.2 Å². The van der Waals surface area contributed by atoms with Gasteiger partial charge in [-0.05, 0) is 36.6 Å². The summed E-state index contributed by atoms with van der Waals surface area (Å²) in [5.41, 5.74) is 3.72. The van der Waals surface area contributed by atoms with Crippen LogP contribution in [-0.2, 0) is 11.2 Å². The Morgan fingerprint density at radius 1 is 1.29 bits per heavy atom. The Balaban J connectivity index is 1.82. The lowest BCUT2D eigenvalue weighted by molar-refractivity contribution is 0.0919. The Hall–Kier alpha value is -3.23. The molecule has 7 nitrogen and oxygen atoms in total. The van der Waals surface area contributed by atoms with Gasteiger partial charge in [-0.2, -0.15) is 0 Å². The summed E-state index contributed by atoms with van der Waals surface area (Å²) in [6.45, 7) is 0.696. The largest absolute Gasteiger partial charge is 0.489 e. The molecule has 8 heteroatoms. The average molecular weight is 425 g/mol. The number of aromatic nitrogens is 2. The molecule has 1 aliphatic rings. The minimum Gasteiger partial charge on any atom is -0.489 e. The summed E-state index contributed by atoms with van der Waals surface area (Å²) in [6.07, 6.45) is 4.05. The number of H-pyrrole nitrogens is 1. The van der Waals surface area contributed by atoms with Gasteiger partial charge in [-0.3, -0.25) is 9.78 Å². The molecule has 1 aromatic carbocycles. The lowest BCUT2D eigenvalue weighted by Gasteiger charge is -2.20. The predicted molar refractivity (Wildman–Crippen MR) is 114 cm³/mol. The third kappa shape index (κ3) is 4.45. The van der Waals surface area contributed by atoms with Crippen LogP contribution in [0.15, 0.2) is 42.7 Å². The zero-order valence-corrected chi connectivity index (χ0v) is 17.2. The fourth-order valence-electron chi connectivity index (χ4n) is 3.84. The number of hydrogen-bond donors (Lipinski definition) is 3. The van der Waals surface area contributed by atoms with E-state index in [0.717, 1.165) is 5.69 Å². The van der Waals surface area contributed by atoms with Crippen molar-refractivity contribution in [3.8, 4) is 17.0 Å². The number of ketones is 1. The number of methoxy groups -OCH3 is 1. The number of aliphatic hydroxyl groups is 1. The van der Waals surface area contributed by atoms with Gasteiger partial charge < -0.3 is 24.9 Å². The maximum absolute atomic E-state index is 13.8. The number of fused-ring (bicyclic) bond motifs is 1. The Morgan fingerprint density at radius 3 is 2.94 bits per heavy atom. The Labute approximate surface area is 179 Å². The zero-order valence-electron chi connectivity index (χ0n) is 17.2. The Morgan fingerprint density at radius 2 is 2.16 bits per heavy atom. The van der Waals surface area contributed by atoms with Gasteiger partial charge >= 0.3 is 0 Å². The number of anilines is 2. The number of carbonyl (C=O) groups is 1. The van der Waals surface area contributed by atoms with Crippen LogP contribution in [0.4, 0.5) is 15.8 Å². The van der Waals surface area contributed by atoms with Crippen molar-refractivity contribution in [1.29, 1.82) is 0 Å². The number of rotatable bonds is 8. The van der Waals surface area contributed by atoms with Crippen molar-refractivity contribution in [2.24, 2.45) is 5.92 Å². The molecule has 162 valence electrons. The lowest BCUT2D eigenvalue weighted by Crippen LogP contribution is -2.22. The van der Waals surface area contributed by atoms with E-state index in [1.807, 2.05) is 0 Å². The van der Waals surface area contributed by atoms with Crippen LogP contribution in [-0.4, -0.2) is 47.8 Å². The molecule has 0 fully saturated rings. The summed E-state index contributed by atoms with van der Waals surface area (Å²) in [7, 11) is 1.59. The van der Waals surface area contributed by atoms with Crippen molar-refractivity contribution in [3.05, 3.63) is 59.8 Å². The molecule has 0 saturated heterocycles. The first kappa shape index (κ1) is 21.0. The molecular formula is C23H24FN3O4. The number of aliphatic hydroxyl groups excluding tert-OH is 1. The van der Waals surface area contributed by atoms with E-state index in [1.165, 1.54) is 12.1 Å². The van der Waals surface area contributed by atoms with E-state index in [2.05, 4.69) is 15.3 Å². The van der Waals surface area contributed by atoms with E-state index in [1.54, 1.807) is 37.7 Å². The van der Waals surface area contributed by atoms with Crippen LogP contribution in [0, 0.1) is 11.7 Å². The molecule has 1 aliphatic carbocycles. The molecular weight excluding hydrogens is 401 g/mol.